The van der Waals surface area contributed by atoms with E-state index in [0.717, 1.165) is 0 Å². The van der Waals surface area contributed by atoms with Crippen molar-refractivity contribution in [2.45, 2.75) is 12.6 Å². The summed E-state index contributed by atoms with van der Waals surface area (Å²) in [4.78, 5) is 13.4. The largest absolute Gasteiger partial charge is 0.493 e. The summed E-state index contributed by atoms with van der Waals surface area (Å²) in [5.41, 5.74) is 1.86. The van der Waals surface area contributed by atoms with Gasteiger partial charge in [0.05, 0.1) is 42.7 Å². The van der Waals surface area contributed by atoms with E-state index in [1.54, 1.807) is 78.9 Å². The normalized spacial score (nSPS) is 11.5. The number of fused-ring (bicyclic) bond motifs is 1. The molecule has 1 aromatic heterocycles. The predicted molar refractivity (Wildman–Crippen MR) is 131 cm³/mol. The molecule has 4 rings (SSSR count). The molecule has 0 atom stereocenters. The van der Waals surface area contributed by atoms with E-state index >= 15 is 0 Å². The van der Waals surface area contributed by atoms with Crippen LogP contribution in [-0.2, 0) is 0 Å². The molecule has 4 aromatic rings. The minimum atomic E-state index is -4.36. The summed E-state index contributed by atoms with van der Waals surface area (Å²) in [6, 6.07) is 20.3. The lowest BCUT2D eigenvalue weighted by atomic mass is 10.00. The van der Waals surface area contributed by atoms with Gasteiger partial charge in [0.1, 0.15) is 11.3 Å². The molecule has 0 saturated carbocycles. The number of benzene rings is 3. The molecule has 182 valence electrons. The van der Waals surface area contributed by atoms with E-state index in [0.29, 0.717) is 27.7 Å². The Balaban J connectivity index is 1.81. The zero-order valence-electron chi connectivity index (χ0n) is 19.1. The Bertz CT molecular complexity index is 1510. The van der Waals surface area contributed by atoms with Crippen molar-refractivity contribution in [3.05, 3.63) is 93.8 Å². The van der Waals surface area contributed by atoms with Gasteiger partial charge in [-0.25, -0.2) is 0 Å². The van der Waals surface area contributed by atoms with Crippen molar-refractivity contribution < 1.29 is 27.1 Å². The molecule has 0 radical (unpaired) electrons. The lowest BCUT2D eigenvalue weighted by molar-refractivity contribution is -0.139. The number of hydrogen-bond acceptors (Lipinski definition) is 5. The molecule has 0 N–H and O–H groups in total. The van der Waals surface area contributed by atoms with Crippen LogP contribution in [0.1, 0.15) is 23.3 Å². The lowest BCUT2D eigenvalue weighted by Gasteiger charge is -2.14. The highest BCUT2D eigenvalue weighted by atomic mass is 19.4. The van der Waals surface area contributed by atoms with E-state index in [1.807, 2.05) is 6.07 Å². The molecule has 36 heavy (non-hydrogen) atoms. The zero-order chi connectivity index (χ0) is 25.7. The summed E-state index contributed by atoms with van der Waals surface area (Å²) in [5, 5.41) is 9.50. The standard InChI is InChI=1S/C28H20F3NO4/c1-34-24-8-4-5-20(27(24)35-16-15-28(29,30)31)13-14-23-25(19-11-9-18(17-32)10-12-19)26(33)21-6-2-3-7-22(21)36-23/h2-14H,15-16H2,1H3. The molecule has 0 spiro atoms. The van der Waals surface area contributed by atoms with Crippen LogP contribution in [0.3, 0.4) is 0 Å². The van der Waals surface area contributed by atoms with Gasteiger partial charge in [0.15, 0.2) is 11.5 Å². The van der Waals surface area contributed by atoms with Gasteiger partial charge in [0, 0.05) is 5.56 Å². The van der Waals surface area contributed by atoms with Crippen LogP contribution in [0.15, 0.2) is 75.9 Å². The van der Waals surface area contributed by atoms with E-state index < -0.39 is 19.2 Å². The summed E-state index contributed by atoms with van der Waals surface area (Å²) in [7, 11) is 1.39. The maximum atomic E-state index is 13.4. The van der Waals surface area contributed by atoms with E-state index in [-0.39, 0.29) is 28.3 Å². The minimum absolute atomic E-state index is 0.142. The van der Waals surface area contributed by atoms with Gasteiger partial charge in [-0.1, -0.05) is 36.4 Å². The molecule has 0 saturated heterocycles. The summed E-state index contributed by atoms with van der Waals surface area (Å²) >= 11 is 0. The van der Waals surface area contributed by atoms with E-state index in [4.69, 9.17) is 19.2 Å². The van der Waals surface area contributed by atoms with Crippen molar-refractivity contribution in [2.75, 3.05) is 13.7 Å². The number of methoxy groups -OCH3 is 1. The van der Waals surface area contributed by atoms with E-state index in [9.17, 15) is 18.0 Å². The summed E-state index contributed by atoms with van der Waals surface area (Å²) in [6.07, 6.45) is -2.32. The van der Waals surface area contributed by atoms with Gasteiger partial charge in [-0.15, -0.1) is 0 Å². The second-order valence-electron chi connectivity index (χ2n) is 7.78. The summed E-state index contributed by atoms with van der Waals surface area (Å²) in [5.74, 6) is 0.655. The average Bonchev–Trinajstić information content (AvgIpc) is 2.87. The highest BCUT2D eigenvalue weighted by Gasteiger charge is 2.27. The highest BCUT2D eigenvalue weighted by Crippen LogP contribution is 2.34. The van der Waals surface area contributed by atoms with Gasteiger partial charge in [-0.05, 0) is 48.0 Å². The number of alkyl halides is 3. The van der Waals surface area contributed by atoms with Gasteiger partial charge >= 0.3 is 6.18 Å². The van der Waals surface area contributed by atoms with Gasteiger partial charge in [0.2, 0.25) is 5.43 Å². The number of rotatable bonds is 7. The van der Waals surface area contributed by atoms with Crippen molar-refractivity contribution in [1.82, 2.24) is 0 Å². The van der Waals surface area contributed by atoms with Gasteiger partial charge in [-0.2, -0.15) is 18.4 Å². The number of nitrogens with zero attached hydrogens (tertiary/aromatic N) is 1. The second kappa shape index (κ2) is 10.4. The molecule has 8 heteroatoms. The fraction of sp³-hybridized carbons (Fsp3) is 0.143. The number of hydrogen-bond donors (Lipinski definition) is 0. The number of para-hydroxylation sites is 2. The van der Waals surface area contributed by atoms with E-state index in [2.05, 4.69) is 0 Å². The Hall–Kier alpha value is -4.51. The molecule has 0 aliphatic rings. The first-order chi connectivity index (χ1) is 17.3. The Morgan fingerprint density at radius 2 is 1.75 bits per heavy atom. The topological polar surface area (TPSA) is 72.5 Å². The minimum Gasteiger partial charge on any atom is -0.493 e. The molecule has 1 heterocycles. The molecular weight excluding hydrogens is 471 g/mol. The summed E-state index contributed by atoms with van der Waals surface area (Å²) in [6.45, 7) is -0.577. The molecule has 0 fully saturated rings. The number of halogens is 3. The second-order valence-corrected chi connectivity index (χ2v) is 7.78. The smallest absolute Gasteiger partial charge is 0.392 e. The third kappa shape index (κ3) is 5.41. The summed E-state index contributed by atoms with van der Waals surface area (Å²) < 4.78 is 54.7. The number of ether oxygens (including phenoxy) is 2. The highest BCUT2D eigenvalue weighted by molar-refractivity contribution is 5.87. The molecular formula is C28H20F3NO4. The molecule has 0 unspecified atom stereocenters. The molecule has 0 aliphatic carbocycles. The van der Waals surface area contributed by atoms with Crippen LogP contribution in [0.4, 0.5) is 13.2 Å². The van der Waals surface area contributed by atoms with Crippen LogP contribution in [-0.4, -0.2) is 19.9 Å². The quantitative estimate of drug-likeness (QED) is 0.283. The van der Waals surface area contributed by atoms with Crippen LogP contribution in [0.5, 0.6) is 11.5 Å². The third-order valence-electron chi connectivity index (χ3n) is 5.40. The zero-order valence-corrected chi connectivity index (χ0v) is 19.1. The maximum absolute atomic E-state index is 13.4. The molecule has 0 bridgehead atoms. The Kier molecular flexibility index (Phi) is 7.11. The van der Waals surface area contributed by atoms with Gasteiger partial charge < -0.3 is 13.9 Å². The van der Waals surface area contributed by atoms with Crippen LogP contribution < -0.4 is 14.9 Å². The van der Waals surface area contributed by atoms with Gasteiger partial charge in [0.25, 0.3) is 0 Å². The number of nitriles is 1. The molecule has 0 amide bonds. The Morgan fingerprint density at radius 3 is 2.44 bits per heavy atom. The maximum Gasteiger partial charge on any atom is 0.392 e. The van der Waals surface area contributed by atoms with Crippen molar-refractivity contribution >= 4 is 23.1 Å². The monoisotopic (exact) mass is 491 g/mol. The predicted octanol–water partition coefficient (Wildman–Crippen LogP) is 6.84. The molecule has 3 aromatic carbocycles. The fourth-order valence-corrected chi connectivity index (χ4v) is 3.67. The van der Waals surface area contributed by atoms with Crippen molar-refractivity contribution in [2.24, 2.45) is 0 Å². The Labute approximate surface area is 204 Å². The Morgan fingerprint density at radius 1 is 1.00 bits per heavy atom. The molecule has 0 aliphatic heterocycles. The third-order valence-corrected chi connectivity index (χ3v) is 5.40. The SMILES string of the molecule is COc1cccc(C=Cc2oc3ccccc3c(=O)c2-c2ccc(C#N)cc2)c1OCCC(F)(F)F. The van der Waals surface area contributed by atoms with Crippen LogP contribution >= 0.6 is 0 Å². The van der Waals surface area contributed by atoms with Crippen LogP contribution in [0, 0.1) is 11.3 Å². The first-order valence-corrected chi connectivity index (χ1v) is 10.9. The lowest BCUT2D eigenvalue weighted by Crippen LogP contribution is -2.13. The van der Waals surface area contributed by atoms with Crippen molar-refractivity contribution in [1.29, 1.82) is 5.26 Å². The average molecular weight is 491 g/mol. The van der Waals surface area contributed by atoms with E-state index in [1.165, 1.54) is 7.11 Å². The first kappa shape index (κ1) is 24.6. The van der Waals surface area contributed by atoms with Gasteiger partial charge in [-0.3, -0.25) is 4.79 Å². The van der Waals surface area contributed by atoms with Crippen LogP contribution in [0.25, 0.3) is 34.2 Å². The first-order valence-electron chi connectivity index (χ1n) is 10.9. The molecule has 5 nitrogen and oxygen atoms in total. The fourth-order valence-electron chi connectivity index (χ4n) is 3.67. The van der Waals surface area contributed by atoms with Crippen LogP contribution in [0.2, 0.25) is 0 Å². The van der Waals surface area contributed by atoms with Crippen molar-refractivity contribution in [3.8, 4) is 28.7 Å². The van der Waals surface area contributed by atoms with Crippen molar-refractivity contribution in [3.63, 3.8) is 0 Å².